The Morgan fingerprint density at radius 1 is 1.33 bits per heavy atom. The second-order valence-electron chi connectivity index (χ2n) is 3.07. The number of rotatable bonds is 3. The minimum absolute atomic E-state index is 0.0300. The molecule has 5 heteroatoms. The van der Waals surface area contributed by atoms with Crippen LogP contribution in [0.5, 0.6) is 0 Å². The zero-order valence-corrected chi connectivity index (χ0v) is 12.1. The molecule has 1 rings (SSSR count). The number of halogens is 3. The molecule has 0 spiro atoms. The highest BCUT2D eigenvalue weighted by molar-refractivity contribution is 9.11. The van der Waals surface area contributed by atoms with E-state index in [0.29, 0.717) is 18.0 Å². The van der Waals surface area contributed by atoms with Gasteiger partial charge in [0.1, 0.15) is 0 Å². The van der Waals surface area contributed by atoms with E-state index in [9.17, 15) is 4.79 Å². The number of carbonyl (C=O) groups excluding carboxylic acids is 1. The number of carbonyl (C=O) groups is 1. The van der Waals surface area contributed by atoms with Crippen LogP contribution in [0.4, 0.5) is 0 Å². The van der Waals surface area contributed by atoms with Crippen LogP contribution in [0.15, 0.2) is 27.1 Å². The van der Waals surface area contributed by atoms with Crippen molar-refractivity contribution in [1.29, 1.82) is 0 Å². The van der Waals surface area contributed by atoms with Crippen molar-refractivity contribution < 1.29 is 4.79 Å². The fraction of sp³-hybridized carbons (Fsp3) is 0.300. The van der Waals surface area contributed by atoms with Crippen LogP contribution in [-0.2, 0) is 0 Å². The standard InChI is InChI=1S/C10H10Br2ClNO/c1-14(3-2-13)10(15)7-4-8(11)6-9(12)5-7/h4-6H,2-3H2,1H3. The van der Waals surface area contributed by atoms with E-state index in [-0.39, 0.29) is 5.91 Å². The fourth-order valence-electron chi connectivity index (χ4n) is 1.13. The van der Waals surface area contributed by atoms with E-state index in [1.54, 1.807) is 24.1 Å². The first-order valence-electron chi connectivity index (χ1n) is 4.32. The van der Waals surface area contributed by atoms with Crippen LogP contribution in [0.3, 0.4) is 0 Å². The molecule has 1 aromatic rings. The van der Waals surface area contributed by atoms with Crippen molar-refractivity contribution in [2.75, 3.05) is 19.5 Å². The first-order chi connectivity index (χ1) is 7.04. The molecular formula is C10H10Br2ClNO. The van der Waals surface area contributed by atoms with Crippen molar-refractivity contribution >= 4 is 49.4 Å². The Labute approximate surface area is 111 Å². The molecule has 2 nitrogen and oxygen atoms in total. The van der Waals surface area contributed by atoms with E-state index in [1.807, 2.05) is 6.07 Å². The van der Waals surface area contributed by atoms with E-state index in [2.05, 4.69) is 31.9 Å². The van der Waals surface area contributed by atoms with Crippen LogP contribution >= 0.6 is 43.5 Å². The molecule has 0 aliphatic heterocycles. The van der Waals surface area contributed by atoms with Crippen molar-refractivity contribution in [2.24, 2.45) is 0 Å². The average molecular weight is 355 g/mol. The van der Waals surface area contributed by atoms with Gasteiger partial charge in [-0.3, -0.25) is 4.79 Å². The van der Waals surface area contributed by atoms with E-state index in [1.165, 1.54) is 0 Å². The molecule has 1 aromatic carbocycles. The minimum atomic E-state index is -0.0300. The molecule has 0 N–H and O–H groups in total. The van der Waals surface area contributed by atoms with Gasteiger partial charge in [-0.1, -0.05) is 31.9 Å². The van der Waals surface area contributed by atoms with Gasteiger partial charge in [-0.2, -0.15) is 0 Å². The molecule has 0 heterocycles. The van der Waals surface area contributed by atoms with Gasteiger partial charge in [0.15, 0.2) is 0 Å². The SMILES string of the molecule is CN(CCCl)C(=O)c1cc(Br)cc(Br)c1. The summed E-state index contributed by atoms with van der Waals surface area (Å²) >= 11 is 12.3. The Bertz CT molecular complexity index is 350. The second-order valence-corrected chi connectivity index (χ2v) is 5.28. The molecule has 0 bridgehead atoms. The normalized spacial score (nSPS) is 10.1. The molecule has 0 aromatic heterocycles. The number of benzene rings is 1. The molecule has 0 saturated heterocycles. The highest BCUT2D eigenvalue weighted by Gasteiger charge is 2.11. The Morgan fingerprint density at radius 2 is 1.87 bits per heavy atom. The van der Waals surface area contributed by atoms with E-state index >= 15 is 0 Å². The summed E-state index contributed by atoms with van der Waals surface area (Å²) in [6.45, 7) is 0.546. The lowest BCUT2D eigenvalue weighted by molar-refractivity contribution is 0.0803. The molecule has 82 valence electrons. The summed E-state index contributed by atoms with van der Waals surface area (Å²) in [7, 11) is 1.74. The number of hydrogen-bond donors (Lipinski definition) is 0. The van der Waals surface area contributed by atoms with E-state index in [4.69, 9.17) is 11.6 Å². The molecular weight excluding hydrogens is 345 g/mol. The lowest BCUT2D eigenvalue weighted by Gasteiger charge is -2.15. The summed E-state index contributed by atoms with van der Waals surface area (Å²) in [5.74, 6) is 0.412. The molecule has 1 amide bonds. The molecule has 0 unspecified atom stereocenters. The van der Waals surface area contributed by atoms with Crippen molar-refractivity contribution in [3.63, 3.8) is 0 Å². The summed E-state index contributed by atoms with van der Waals surface area (Å²) in [5.41, 5.74) is 0.642. The molecule has 0 fully saturated rings. The van der Waals surface area contributed by atoms with Gasteiger partial charge in [0, 0.05) is 34.0 Å². The molecule has 0 aliphatic carbocycles. The Morgan fingerprint density at radius 3 is 2.33 bits per heavy atom. The van der Waals surface area contributed by atoms with Gasteiger partial charge < -0.3 is 4.90 Å². The Kier molecular flexibility index (Phi) is 5.09. The average Bonchev–Trinajstić information content (AvgIpc) is 2.15. The third-order valence-corrected chi connectivity index (χ3v) is 2.96. The van der Waals surface area contributed by atoms with Gasteiger partial charge in [0.25, 0.3) is 5.91 Å². The van der Waals surface area contributed by atoms with Gasteiger partial charge in [0.2, 0.25) is 0 Å². The molecule has 0 saturated carbocycles. The number of alkyl halides is 1. The fourth-order valence-corrected chi connectivity index (χ4v) is 2.67. The smallest absolute Gasteiger partial charge is 0.253 e. The molecule has 0 atom stereocenters. The van der Waals surface area contributed by atoms with E-state index < -0.39 is 0 Å². The predicted octanol–water partition coefficient (Wildman–Crippen LogP) is 3.52. The van der Waals surface area contributed by atoms with Gasteiger partial charge in [-0.15, -0.1) is 11.6 Å². The maximum Gasteiger partial charge on any atom is 0.253 e. The third kappa shape index (κ3) is 3.78. The van der Waals surface area contributed by atoms with Crippen molar-refractivity contribution in [1.82, 2.24) is 4.90 Å². The molecule has 0 aliphatic rings. The summed E-state index contributed by atoms with van der Waals surface area (Å²) in [6, 6.07) is 5.47. The zero-order valence-electron chi connectivity index (χ0n) is 8.14. The summed E-state index contributed by atoms with van der Waals surface area (Å²) in [4.78, 5) is 13.5. The first-order valence-corrected chi connectivity index (χ1v) is 6.44. The van der Waals surface area contributed by atoms with Crippen LogP contribution in [0, 0.1) is 0 Å². The topological polar surface area (TPSA) is 20.3 Å². The van der Waals surface area contributed by atoms with Gasteiger partial charge in [-0.25, -0.2) is 0 Å². The lowest BCUT2D eigenvalue weighted by atomic mass is 10.2. The first kappa shape index (κ1) is 13.0. The summed E-state index contributed by atoms with van der Waals surface area (Å²) in [6.07, 6.45) is 0. The van der Waals surface area contributed by atoms with Crippen LogP contribution in [0.25, 0.3) is 0 Å². The van der Waals surface area contributed by atoms with E-state index in [0.717, 1.165) is 8.95 Å². The number of hydrogen-bond acceptors (Lipinski definition) is 1. The highest BCUT2D eigenvalue weighted by Crippen LogP contribution is 2.20. The zero-order chi connectivity index (χ0) is 11.4. The Balaban J connectivity index is 2.90. The second kappa shape index (κ2) is 5.87. The summed E-state index contributed by atoms with van der Waals surface area (Å²) < 4.78 is 1.75. The van der Waals surface area contributed by atoms with Gasteiger partial charge >= 0.3 is 0 Å². The van der Waals surface area contributed by atoms with Crippen LogP contribution in [-0.4, -0.2) is 30.3 Å². The summed E-state index contributed by atoms with van der Waals surface area (Å²) in [5, 5.41) is 0. The monoisotopic (exact) mass is 353 g/mol. The third-order valence-electron chi connectivity index (χ3n) is 1.88. The molecule has 0 radical (unpaired) electrons. The Hall–Kier alpha value is -0.0600. The number of amides is 1. The largest absolute Gasteiger partial charge is 0.341 e. The highest BCUT2D eigenvalue weighted by atomic mass is 79.9. The number of nitrogens with zero attached hydrogens (tertiary/aromatic N) is 1. The van der Waals surface area contributed by atoms with Gasteiger partial charge in [0.05, 0.1) is 0 Å². The molecule has 15 heavy (non-hydrogen) atoms. The van der Waals surface area contributed by atoms with Crippen molar-refractivity contribution in [2.45, 2.75) is 0 Å². The van der Waals surface area contributed by atoms with Crippen LogP contribution in [0.1, 0.15) is 10.4 Å². The predicted molar refractivity (Wildman–Crippen MR) is 69.5 cm³/mol. The minimum Gasteiger partial charge on any atom is -0.341 e. The van der Waals surface area contributed by atoms with Gasteiger partial charge in [-0.05, 0) is 18.2 Å². The van der Waals surface area contributed by atoms with Crippen LogP contribution < -0.4 is 0 Å². The maximum atomic E-state index is 11.9. The van der Waals surface area contributed by atoms with Crippen molar-refractivity contribution in [3.8, 4) is 0 Å². The van der Waals surface area contributed by atoms with Crippen LogP contribution in [0.2, 0.25) is 0 Å². The van der Waals surface area contributed by atoms with Crippen molar-refractivity contribution in [3.05, 3.63) is 32.7 Å². The maximum absolute atomic E-state index is 11.9. The quantitative estimate of drug-likeness (QED) is 0.760. The lowest BCUT2D eigenvalue weighted by Crippen LogP contribution is -2.28.